The van der Waals surface area contributed by atoms with Crippen LogP contribution in [-0.4, -0.2) is 35.4 Å². The highest BCUT2D eigenvalue weighted by Crippen LogP contribution is 1.94. The Labute approximate surface area is 91.0 Å². The normalized spacial score (nSPS) is 13.2. The first-order valence-corrected chi connectivity index (χ1v) is 5.46. The number of hydrogen-bond donors (Lipinski definition) is 3. The molecule has 15 heavy (non-hydrogen) atoms. The summed E-state index contributed by atoms with van der Waals surface area (Å²) in [6, 6.07) is -0.631. The van der Waals surface area contributed by atoms with Crippen molar-refractivity contribution in [3.05, 3.63) is 12.2 Å². The van der Waals surface area contributed by atoms with Crippen LogP contribution in [-0.2, 0) is 4.79 Å². The van der Waals surface area contributed by atoms with Gasteiger partial charge in [-0.1, -0.05) is 31.9 Å². The van der Waals surface area contributed by atoms with Crippen LogP contribution in [0.4, 0.5) is 0 Å². The number of nitrogens with one attached hydrogen (secondary N) is 1. The van der Waals surface area contributed by atoms with Gasteiger partial charge in [-0.2, -0.15) is 0 Å². The lowest BCUT2D eigenvalue weighted by molar-refractivity contribution is -0.138. The van der Waals surface area contributed by atoms with Crippen LogP contribution in [0.3, 0.4) is 0 Å². The lowest BCUT2D eigenvalue weighted by atomic mass is 10.2. The number of carboxylic acids is 1. The first-order chi connectivity index (χ1) is 7.22. The Morgan fingerprint density at radius 2 is 2.20 bits per heavy atom. The molecule has 0 aliphatic rings. The summed E-state index contributed by atoms with van der Waals surface area (Å²) >= 11 is 0. The highest BCUT2D eigenvalue weighted by Gasteiger charge is 2.11. The van der Waals surface area contributed by atoms with E-state index in [-0.39, 0.29) is 6.61 Å². The second-order valence-corrected chi connectivity index (χ2v) is 3.42. The summed E-state index contributed by atoms with van der Waals surface area (Å²) in [5.74, 6) is -0.874. The average molecular weight is 215 g/mol. The Morgan fingerprint density at radius 3 is 2.73 bits per heavy atom. The lowest BCUT2D eigenvalue weighted by Crippen LogP contribution is -2.35. The van der Waals surface area contributed by atoms with Crippen LogP contribution in [0.25, 0.3) is 0 Å². The van der Waals surface area contributed by atoms with Crippen LogP contribution in [0.15, 0.2) is 12.2 Å². The third-order valence-electron chi connectivity index (χ3n) is 2.03. The van der Waals surface area contributed by atoms with Gasteiger partial charge in [0.15, 0.2) is 0 Å². The van der Waals surface area contributed by atoms with E-state index in [0.29, 0.717) is 13.0 Å². The molecule has 1 unspecified atom stereocenters. The van der Waals surface area contributed by atoms with E-state index in [9.17, 15) is 4.79 Å². The molecular formula is C11H21NO3. The van der Waals surface area contributed by atoms with Crippen molar-refractivity contribution >= 4 is 5.97 Å². The summed E-state index contributed by atoms with van der Waals surface area (Å²) < 4.78 is 0. The number of carboxylic acid groups (broad SMARTS) is 1. The Balaban J connectivity index is 3.78. The maximum Gasteiger partial charge on any atom is 0.324 e. The summed E-state index contributed by atoms with van der Waals surface area (Å²) in [5, 5.41) is 20.3. The van der Waals surface area contributed by atoms with E-state index >= 15 is 0 Å². The third kappa shape index (κ3) is 8.15. The SMILES string of the molecule is CCCCCNC(/C=C\CCO)C(=O)O. The predicted octanol–water partition coefficient (Wildman–Crippen LogP) is 1.16. The number of aliphatic hydroxyl groups excluding tert-OH is 1. The van der Waals surface area contributed by atoms with Crippen LogP contribution in [0, 0.1) is 0 Å². The topological polar surface area (TPSA) is 69.6 Å². The van der Waals surface area contributed by atoms with Crippen molar-refractivity contribution in [2.45, 2.75) is 38.6 Å². The molecule has 0 saturated heterocycles. The molecule has 0 heterocycles. The molecule has 0 aliphatic heterocycles. The van der Waals surface area contributed by atoms with E-state index in [2.05, 4.69) is 12.2 Å². The molecule has 0 rings (SSSR count). The van der Waals surface area contributed by atoms with E-state index in [4.69, 9.17) is 10.2 Å². The summed E-state index contributed by atoms with van der Waals surface area (Å²) in [6.07, 6.45) is 7.00. The van der Waals surface area contributed by atoms with E-state index in [1.54, 1.807) is 12.2 Å². The van der Waals surface area contributed by atoms with Crippen molar-refractivity contribution in [2.24, 2.45) is 0 Å². The molecule has 0 radical (unpaired) electrons. The van der Waals surface area contributed by atoms with Crippen molar-refractivity contribution in [3.63, 3.8) is 0 Å². The first-order valence-electron chi connectivity index (χ1n) is 5.46. The molecule has 0 aromatic rings. The maximum atomic E-state index is 10.8. The molecule has 88 valence electrons. The Hall–Kier alpha value is -0.870. The van der Waals surface area contributed by atoms with Gasteiger partial charge in [-0.3, -0.25) is 4.79 Å². The summed E-state index contributed by atoms with van der Waals surface area (Å²) in [4.78, 5) is 10.8. The zero-order chi connectivity index (χ0) is 11.5. The van der Waals surface area contributed by atoms with Crippen molar-refractivity contribution in [2.75, 3.05) is 13.2 Å². The monoisotopic (exact) mass is 215 g/mol. The van der Waals surface area contributed by atoms with Gasteiger partial charge in [-0.05, 0) is 19.4 Å². The number of rotatable bonds is 9. The Bertz CT molecular complexity index is 192. The second kappa shape index (κ2) is 9.68. The molecule has 0 spiro atoms. The molecule has 0 bridgehead atoms. The van der Waals surface area contributed by atoms with Crippen LogP contribution < -0.4 is 5.32 Å². The standard InChI is InChI=1S/C11H21NO3/c1-2-3-5-8-12-10(11(14)15)7-4-6-9-13/h4,7,10,12-13H,2-3,5-6,8-9H2,1H3,(H,14,15)/b7-4-. The van der Waals surface area contributed by atoms with E-state index < -0.39 is 12.0 Å². The predicted molar refractivity (Wildman–Crippen MR) is 59.8 cm³/mol. The molecule has 4 heteroatoms. The van der Waals surface area contributed by atoms with E-state index in [0.717, 1.165) is 19.3 Å². The zero-order valence-corrected chi connectivity index (χ0v) is 9.28. The fourth-order valence-corrected chi connectivity index (χ4v) is 1.18. The molecule has 0 saturated carbocycles. The molecule has 0 fully saturated rings. The quantitative estimate of drug-likeness (QED) is 0.399. The van der Waals surface area contributed by atoms with Gasteiger partial charge in [-0.15, -0.1) is 0 Å². The minimum absolute atomic E-state index is 0.0542. The van der Waals surface area contributed by atoms with Gasteiger partial charge >= 0.3 is 5.97 Å². The fourth-order valence-electron chi connectivity index (χ4n) is 1.18. The van der Waals surface area contributed by atoms with Crippen molar-refractivity contribution in [3.8, 4) is 0 Å². The molecular weight excluding hydrogens is 194 g/mol. The van der Waals surface area contributed by atoms with E-state index in [1.165, 1.54) is 0 Å². The van der Waals surface area contributed by atoms with Gasteiger partial charge in [-0.25, -0.2) is 0 Å². The maximum absolute atomic E-state index is 10.8. The van der Waals surface area contributed by atoms with Gasteiger partial charge in [0, 0.05) is 6.61 Å². The molecule has 0 amide bonds. The zero-order valence-electron chi connectivity index (χ0n) is 9.28. The largest absolute Gasteiger partial charge is 0.480 e. The van der Waals surface area contributed by atoms with Crippen molar-refractivity contribution < 1.29 is 15.0 Å². The fraction of sp³-hybridized carbons (Fsp3) is 0.727. The number of aliphatic carboxylic acids is 1. The minimum Gasteiger partial charge on any atom is -0.480 e. The molecule has 0 aromatic heterocycles. The summed E-state index contributed by atoms with van der Waals surface area (Å²) in [7, 11) is 0. The van der Waals surface area contributed by atoms with Crippen molar-refractivity contribution in [1.82, 2.24) is 5.32 Å². The van der Waals surface area contributed by atoms with Crippen LogP contribution in [0.5, 0.6) is 0 Å². The van der Waals surface area contributed by atoms with Crippen LogP contribution in [0.2, 0.25) is 0 Å². The van der Waals surface area contributed by atoms with Gasteiger partial charge < -0.3 is 15.5 Å². The average Bonchev–Trinajstić information content (AvgIpc) is 2.21. The van der Waals surface area contributed by atoms with Gasteiger partial charge in [0.1, 0.15) is 6.04 Å². The third-order valence-corrected chi connectivity index (χ3v) is 2.03. The number of hydrogen-bond acceptors (Lipinski definition) is 3. The number of unbranched alkanes of at least 4 members (excludes halogenated alkanes) is 2. The Morgan fingerprint density at radius 1 is 1.47 bits per heavy atom. The molecule has 0 aliphatic carbocycles. The van der Waals surface area contributed by atoms with Gasteiger partial charge in [0.2, 0.25) is 0 Å². The Kier molecular flexibility index (Phi) is 9.11. The minimum atomic E-state index is -0.874. The lowest BCUT2D eigenvalue weighted by Gasteiger charge is -2.09. The molecule has 3 N–H and O–H groups in total. The summed E-state index contributed by atoms with van der Waals surface area (Å²) in [6.45, 7) is 2.88. The van der Waals surface area contributed by atoms with Crippen LogP contribution in [0.1, 0.15) is 32.6 Å². The molecule has 0 aromatic carbocycles. The van der Waals surface area contributed by atoms with E-state index in [1.807, 2.05) is 0 Å². The van der Waals surface area contributed by atoms with Crippen molar-refractivity contribution in [1.29, 1.82) is 0 Å². The van der Waals surface area contributed by atoms with Crippen LogP contribution >= 0.6 is 0 Å². The molecule has 1 atom stereocenters. The van der Waals surface area contributed by atoms with Gasteiger partial charge in [0.05, 0.1) is 0 Å². The first kappa shape index (κ1) is 14.1. The second-order valence-electron chi connectivity index (χ2n) is 3.42. The smallest absolute Gasteiger partial charge is 0.324 e. The highest BCUT2D eigenvalue weighted by atomic mass is 16.4. The van der Waals surface area contributed by atoms with Gasteiger partial charge in [0.25, 0.3) is 0 Å². The number of aliphatic hydroxyl groups is 1. The highest BCUT2D eigenvalue weighted by molar-refractivity contribution is 5.75. The summed E-state index contributed by atoms with van der Waals surface area (Å²) in [5.41, 5.74) is 0. The molecule has 4 nitrogen and oxygen atoms in total. The number of carbonyl (C=O) groups is 1.